The Hall–Kier alpha value is -0.0900. The molecule has 12 heavy (non-hydrogen) atoms. The molecule has 1 fully saturated rings. The van der Waals surface area contributed by atoms with Crippen LogP contribution in [-0.4, -0.2) is 24.4 Å². The van der Waals surface area contributed by atoms with Gasteiger partial charge in [0.25, 0.3) is 0 Å². The summed E-state index contributed by atoms with van der Waals surface area (Å²) >= 11 is 7.49. The monoisotopic (exact) mass is 204 g/mol. The van der Waals surface area contributed by atoms with E-state index in [0.717, 1.165) is 10.6 Å². The van der Waals surface area contributed by atoms with Crippen LogP contribution >= 0.6 is 22.9 Å². The van der Waals surface area contributed by atoms with Gasteiger partial charge in [-0.15, -0.1) is 0 Å². The standard InChI is InChI=1S/C8H9ClO2S/c9-7-4-12-3-6(7)5-1-11-2-8(5)10/h3-5,8,10H,1-2H2. The van der Waals surface area contributed by atoms with Crippen LogP contribution in [0.1, 0.15) is 11.5 Å². The van der Waals surface area contributed by atoms with Crippen molar-refractivity contribution in [3.63, 3.8) is 0 Å². The minimum atomic E-state index is -0.392. The molecule has 1 aliphatic rings. The van der Waals surface area contributed by atoms with Crippen molar-refractivity contribution in [2.75, 3.05) is 13.2 Å². The average Bonchev–Trinajstić information content (AvgIpc) is 2.59. The number of aliphatic hydroxyl groups is 1. The summed E-state index contributed by atoms with van der Waals surface area (Å²) in [7, 11) is 0. The van der Waals surface area contributed by atoms with Gasteiger partial charge < -0.3 is 9.84 Å². The number of aliphatic hydroxyl groups excluding tert-OH is 1. The molecule has 0 bridgehead atoms. The molecular formula is C8H9ClO2S. The Balaban J connectivity index is 2.24. The third kappa shape index (κ3) is 1.38. The van der Waals surface area contributed by atoms with Gasteiger partial charge in [0.1, 0.15) is 0 Å². The summed E-state index contributed by atoms with van der Waals surface area (Å²) in [4.78, 5) is 0. The van der Waals surface area contributed by atoms with Crippen LogP contribution in [0.15, 0.2) is 10.8 Å². The van der Waals surface area contributed by atoms with Gasteiger partial charge in [0.2, 0.25) is 0 Å². The maximum atomic E-state index is 9.51. The van der Waals surface area contributed by atoms with E-state index in [0.29, 0.717) is 13.2 Å². The molecule has 1 N–H and O–H groups in total. The van der Waals surface area contributed by atoms with Crippen molar-refractivity contribution in [3.8, 4) is 0 Å². The first-order valence-corrected chi connectivity index (χ1v) is 5.08. The van der Waals surface area contributed by atoms with E-state index in [1.807, 2.05) is 10.8 Å². The number of thiophene rings is 1. The third-order valence-corrected chi connectivity index (χ3v) is 3.31. The lowest BCUT2D eigenvalue weighted by Gasteiger charge is -2.10. The van der Waals surface area contributed by atoms with E-state index in [-0.39, 0.29) is 5.92 Å². The predicted octanol–water partition coefficient (Wildman–Crippen LogP) is 1.88. The summed E-state index contributed by atoms with van der Waals surface area (Å²) in [5.41, 5.74) is 1.02. The van der Waals surface area contributed by atoms with Gasteiger partial charge in [0.15, 0.2) is 0 Å². The molecule has 0 spiro atoms. The number of halogens is 1. The van der Waals surface area contributed by atoms with Crippen LogP contribution < -0.4 is 0 Å². The number of hydrogen-bond acceptors (Lipinski definition) is 3. The maximum Gasteiger partial charge on any atom is 0.0864 e. The molecule has 1 aromatic rings. The molecule has 0 saturated carbocycles. The largest absolute Gasteiger partial charge is 0.390 e. The minimum absolute atomic E-state index is 0.0729. The third-order valence-electron chi connectivity index (χ3n) is 2.09. The summed E-state index contributed by atoms with van der Waals surface area (Å²) in [6, 6.07) is 0. The van der Waals surface area contributed by atoms with Crippen LogP contribution in [0, 0.1) is 0 Å². The highest BCUT2D eigenvalue weighted by atomic mass is 35.5. The van der Waals surface area contributed by atoms with Crippen molar-refractivity contribution in [1.82, 2.24) is 0 Å². The van der Waals surface area contributed by atoms with Gasteiger partial charge in [-0.2, -0.15) is 11.3 Å². The van der Waals surface area contributed by atoms with Gasteiger partial charge in [0, 0.05) is 11.3 Å². The molecule has 2 unspecified atom stereocenters. The Bertz CT molecular complexity index is 274. The normalized spacial score (nSPS) is 29.5. The molecule has 66 valence electrons. The Morgan fingerprint density at radius 3 is 2.83 bits per heavy atom. The average molecular weight is 205 g/mol. The second kappa shape index (κ2) is 3.34. The molecule has 0 radical (unpaired) electrons. The first-order chi connectivity index (χ1) is 5.79. The molecule has 2 heterocycles. The summed E-state index contributed by atoms with van der Waals surface area (Å²) in [6.45, 7) is 1.01. The predicted molar refractivity (Wildman–Crippen MR) is 48.9 cm³/mol. The van der Waals surface area contributed by atoms with Crippen molar-refractivity contribution in [1.29, 1.82) is 0 Å². The van der Waals surface area contributed by atoms with Gasteiger partial charge in [-0.25, -0.2) is 0 Å². The first-order valence-electron chi connectivity index (χ1n) is 3.76. The second-order valence-corrected chi connectivity index (χ2v) is 4.04. The lowest BCUT2D eigenvalue weighted by Crippen LogP contribution is -2.15. The number of rotatable bonds is 1. The van der Waals surface area contributed by atoms with E-state index in [1.54, 1.807) is 11.3 Å². The zero-order chi connectivity index (χ0) is 8.55. The number of ether oxygens (including phenoxy) is 1. The van der Waals surface area contributed by atoms with Crippen LogP contribution in [0.4, 0.5) is 0 Å². The number of hydrogen-bond donors (Lipinski definition) is 1. The summed E-state index contributed by atoms with van der Waals surface area (Å²) in [6.07, 6.45) is -0.392. The van der Waals surface area contributed by atoms with E-state index >= 15 is 0 Å². The van der Waals surface area contributed by atoms with Gasteiger partial charge in [-0.1, -0.05) is 11.6 Å². The van der Waals surface area contributed by atoms with Gasteiger partial charge in [-0.05, 0) is 10.9 Å². The van der Waals surface area contributed by atoms with Crippen LogP contribution in [0.5, 0.6) is 0 Å². The van der Waals surface area contributed by atoms with Crippen LogP contribution in [-0.2, 0) is 4.74 Å². The Morgan fingerprint density at radius 2 is 2.33 bits per heavy atom. The quantitative estimate of drug-likeness (QED) is 0.757. The van der Waals surface area contributed by atoms with Gasteiger partial charge >= 0.3 is 0 Å². The fourth-order valence-electron chi connectivity index (χ4n) is 1.40. The second-order valence-electron chi connectivity index (χ2n) is 2.89. The SMILES string of the molecule is OC1COCC1c1cscc1Cl. The fraction of sp³-hybridized carbons (Fsp3) is 0.500. The van der Waals surface area contributed by atoms with Crippen molar-refractivity contribution in [2.45, 2.75) is 12.0 Å². The lowest BCUT2D eigenvalue weighted by atomic mass is 9.99. The van der Waals surface area contributed by atoms with Crippen LogP contribution in [0.3, 0.4) is 0 Å². The lowest BCUT2D eigenvalue weighted by molar-refractivity contribution is 0.124. The molecule has 4 heteroatoms. The molecule has 0 aliphatic carbocycles. The summed E-state index contributed by atoms with van der Waals surface area (Å²) in [5.74, 6) is 0.0729. The highest BCUT2D eigenvalue weighted by Crippen LogP contribution is 2.33. The molecule has 1 saturated heterocycles. The van der Waals surface area contributed by atoms with Gasteiger partial charge in [0.05, 0.1) is 24.3 Å². The van der Waals surface area contributed by atoms with E-state index in [1.165, 1.54) is 0 Å². The molecule has 1 aromatic heterocycles. The van der Waals surface area contributed by atoms with E-state index in [2.05, 4.69) is 0 Å². The van der Waals surface area contributed by atoms with Crippen LogP contribution in [0.25, 0.3) is 0 Å². The van der Waals surface area contributed by atoms with E-state index in [9.17, 15) is 5.11 Å². The van der Waals surface area contributed by atoms with E-state index < -0.39 is 6.10 Å². The summed E-state index contributed by atoms with van der Waals surface area (Å²) in [5, 5.41) is 14.1. The first kappa shape index (κ1) is 8.51. The molecule has 0 amide bonds. The topological polar surface area (TPSA) is 29.5 Å². The fourth-order valence-corrected chi connectivity index (χ4v) is 2.58. The Labute approximate surface area is 79.7 Å². The highest BCUT2D eigenvalue weighted by molar-refractivity contribution is 7.08. The molecular weight excluding hydrogens is 196 g/mol. The van der Waals surface area contributed by atoms with Crippen LogP contribution in [0.2, 0.25) is 5.02 Å². The summed E-state index contributed by atoms with van der Waals surface area (Å²) < 4.78 is 5.14. The molecule has 0 aromatic carbocycles. The van der Waals surface area contributed by atoms with Crippen molar-refractivity contribution < 1.29 is 9.84 Å². The highest BCUT2D eigenvalue weighted by Gasteiger charge is 2.29. The van der Waals surface area contributed by atoms with E-state index in [4.69, 9.17) is 16.3 Å². The molecule has 2 atom stereocenters. The Morgan fingerprint density at radius 1 is 1.50 bits per heavy atom. The molecule has 1 aliphatic heterocycles. The maximum absolute atomic E-state index is 9.51. The zero-order valence-electron chi connectivity index (χ0n) is 6.37. The minimum Gasteiger partial charge on any atom is -0.390 e. The Kier molecular flexibility index (Phi) is 2.37. The van der Waals surface area contributed by atoms with Crippen molar-refractivity contribution >= 4 is 22.9 Å². The van der Waals surface area contributed by atoms with Crippen molar-refractivity contribution in [2.24, 2.45) is 0 Å². The molecule has 2 nitrogen and oxygen atoms in total. The van der Waals surface area contributed by atoms with Crippen molar-refractivity contribution in [3.05, 3.63) is 21.3 Å². The van der Waals surface area contributed by atoms with Gasteiger partial charge in [-0.3, -0.25) is 0 Å². The smallest absolute Gasteiger partial charge is 0.0864 e. The zero-order valence-corrected chi connectivity index (χ0v) is 7.94. The molecule has 2 rings (SSSR count).